The van der Waals surface area contributed by atoms with Gasteiger partial charge in [0.05, 0.1) is 0 Å². The number of fused-ring (bicyclic) bond motifs is 2. The van der Waals surface area contributed by atoms with Gasteiger partial charge in [-0.3, -0.25) is 0 Å². The van der Waals surface area contributed by atoms with Crippen LogP contribution in [0.1, 0.15) is 116 Å². The van der Waals surface area contributed by atoms with Gasteiger partial charge in [0.2, 0.25) is 0 Å². The topological polar surface area (TPSA) is 27.7 Å². The predicted molar refractivity (Wildman–Crippen MR) is 164 cm³/mol. The number of rotatable bonds is 1. The average Bonchev–Trinajstić information content (AvgIpc) is 2.76. The Kier molecular flexibility index (Phi) is 8.48. The standard InChI is InChI=1S/C35H43O3P/c1-14-15-16-17-18-36-39-37-30-24(20-26(32(2,3)4)22-28(30)34(8,9)10)19-25-21-27(33(5,6)7)23-29(31(25)38-39)35(11,12)13/h1,20-23H,19H2,2-13H3. The van der Waals surface area contributed by atoms with Crippen molar-refractivity contribution in [1.82, 2.24) is 0 Å². The molecule has 0 atom stereocenters. The highest BCUT2D eigenvalue weighted by atomic mass is 31.2. The Morgan fingerprint density at radius 3 is 1.44 bits per heavy atom. The van der Waals surface area contributed by atoms with E-state index in [2.05, 4.69) is 137 Å². The third-order valence-corrected chi connectivity index (χ3v) is 7.66. The fourth-order valence-corrected chi connectivity index (χ4v) is 5.36. The van der Waals surface area contributed by atoms with Gasteiger partial charge >= 0.3 is 8.60 Å². The summed E-state index contributed by atoms with van der Waals surface area (Å²) < 4.78 is 19.1. The zero-order chi connectivity index (χ0) is 29.4. The number of terminal acetylenes is 1. The Hall–Kier alpha value is -3.05. The van der Waals surface area contributed by atoms with Gasteiger partial charge < -0.3 is 13.6 Å². The molecule has 0 radical (unpaired) electrons. The summed E-state index contributed by atoms with van der Waals surface area (Å²) in [5.74, 6) is 11.6. The van der Waals surface area contributed by atoms with Crippen molar-refractivity contribution < 1.29 is 13.6 Å². The largest absolute Gasteiger partial charge is 0.539 e. The Balaban J connectivity index is 2.38. The van der Waals surface area contributed by atoms with E-state index >= 15 is 0 Å². The lowest BCUT2D eigenvalue weighted by Crippen LogP contribution is -2.22. The SMILES string of the molecule is C#CC#CC#COP1Oc2c(cc(C(C)(C)C)cc2C(C)(C)C)Cc2cc(C(C)(C)C)cc(C(C)(C)C)c2O1. The molecule has 2 aromatic rings. The van der Waals surface area contributed by atoms with Crippen LogP contribution in [0.25, 0.3) is 0 Å². The molecule has 0 aliphatic carbocycles. The van der Waals surface area contributed by atoms with Crippen LogP contribution < -0.4 is 9.05 Å². The maximum absolute atomic E-state index is 6.62. The van der Waals surface area contributed by atoms with Crippen LogP contribution >= 0.6 is 8.60 Å². The van der Waals surface area contributed by atoms with Crippen molar-refractivity contribution in [3.8, 4) is 47.7 Å². The molecule has 0 fully saturated rings. The molecule has 0 unspecified atom stereocenters. The van der Waals surface area contributed by atoms with Crippen LogP contribution in [0.4, 0.5) is 0 Å². The van der Waals surface area contributed by atoms with E-state index in [0.717, 1.165) is 33.8 Å². The van der Waals surface area contributed by atoms with Crippen LogP contribution in [0.3, 0.4) is 0 Å². The first-order valence-corrected chi connectivity index (χ1v) is 14.6. The van der Waals surface area contributed by atoms with Gasteiger partial charge in [-0.2, -0.15) is 0 Å². The van der Waals surface area contributed by atoms with Gasteiger partial charge in [-0.1, -0.05) is 107 Å². The summed E-state index contributed by atoms with van der Waals surface area (Å²) in [4.78, 5) is 0. The summed E-state index contributed by atoms with van der Waals surface area (Å²) in [5.41, 5.74) is 6.66. The molecular weight excluding hydrogens is 499 g/mol. The number of benzene rings is 2. The molecule has 0 amide bonds. The minimum Gasteiger partial charge on any atom is -0.407 e. The van der Waals surface area contributed by atoms with Crippen molar-refractivity contribution in [2.75, 3.05) is 0 Å². The van der Waals surface area contributed by atoms with Crippen LogP contribution in [0, 0.1) is 36.2 Å². The predicted octanol–water partition coefficient (Wildman–Crippen LogP) is 9.08. The highest BCUT2D eigenvalue weighted by Gasteiger charge is 2.35. The number of hydrogen-bond acceptors (Lipinski definition) is 3. The fourth-order valence-electron chi connectivity index (χ4n) is 4.40. The third-order valence-electron chi connectivity index (χ3n) is 6.76. The molecule has 4 heteroatoms. The molecular formula is C35H43O3P. The van der Waals surface area contributed by atoms with Crippen molar-refractivity contribution in [2.45, 2.75) is 111 Å². The lowest BCUT2D eigenvalue weighted by Gasteiger charge is -2.34. The lowest BCUT2D eigenvalue weighted by molar-refractivity contribution is 0.355. The zero-order valence-corrected chi connectivity index (χ0v) is 26.7. The quantitative estimate of drug-likeness (QED) is 0.266. The monoisotopic (exact) mass is 542 g/mol. The minimum atomic E-state index is -1.90. The van der Waals surface area contributed by atoms with E-state index < -0.39 is 8.60 Å². The summed E-state index contributed by atoms with van der Waals surface area (Å²) in [6, 6.07) is 9.12. The Morgan fingerprint density at radius 2 is 1.08 bits per heavy atom. The molecule has 0 spiro atoms. The maximum atomic E-state index is 6.62. The van der Waals surface area contributed by atoms with E-state index in [1.807, 2.05) is 0 Å². The molecule has 3 rings (SSSR count). The van der Waals surface area contributed by atoms with E-state index in [-0.39, 0.29) is 21.7 Å². The molecule has 39 heavy (non-hydrogen) atoms. The molecule has 0 saturated heterocycles. The van der Waals surface area contributed by atoms with Gasteiger partial charge in [0.1, 0.15) is 17.6 Å². The Morgan fingerprint density at radius 1 is 0.641 bits per heavy atom. The fraction of sp³-hybridized carbons (Fsp3) is 0.486. The summed E-state index contributed by atoms with van der Waals surface area (Å²) >= 11 is 0. The van der Waals surface area contributed by atoms with Gasteiger partial charge in [0.25, 0.3) is 0 Å². The molecule has 1 aliphatic heterocycles. The molecule has 206 valence electrons. The molecule has 1 aliphatic rings. The molecule has 2 aromatic carbocycles. The van der Waals surface area contributed by atoms with E-state index in [9.17, 15) is 0 Å². The van der Waals surface area contributed by atoms with Gasteiger partial charge in [-0.05, 0) is 55.8 Å². The smallest absolute Gasteiger partial charge is 0.407 e. The lowest BCUT2D eigenvalue weighted by atomic mass is 9.76. The average molecular weight is 543 g/mol. The first-order chi connectivity index (χ1) is 17.8. The summed E-state index contributed by atoms with van der Waals surface area (Å²) in [5, 5.41) is 0. The van der Waals surface area contributed by atoms with Crippen LogP contribution in [0.5, 0.6) is 11.5 Å². The first kappa shape index (κ1) is 30.5. The molecule has 0 bridgehead atoms. The molecule has 0 aromatic heterocycles. The van der Waals surface area contributed by atoms with Gasteiger partial charge in [0.15, 0.2) is 0 Å². The second-order valence-corrected chi connectivity index (χ2v) is 15.3. The van der Waals surface area contributed by atoms with Crippen LogP contribution in [-0.4, -0.2) is 0 Å². The highest BCUT2D eigenvalue weighted by molar-refractivity contribution is 7.42. The van der Waals surface area contributed by atoms with Crippen molar-refractivity contribution in [2.24, 2.45) is 0 Å². The normalized spacial score (nSPS) is 13.9. The van der Waals surface area contributed by atoms with Crippen LogP contribution in [0.15, 0.2) is 24.3 Å². The van der Waals surface area contributed by atoms with Gasteiger partial charge in [-0.25, -0.2) is 0 Å². The van der Waals surface area contributed by atoms with Crippen molar-refractivity contribution >= 4 is 8.60 Å². The summed E-state index contributed by atoms with van der Waals surface area (Å²) in [6.07, 6.45) is 8.55. The minimum absolute atomic E-state index is 0.0248. The van der Waals surface area contributed by atoms with Gasteiger partial charge in [-0.15, -0.1) is 6.42 Å². The van der Waals surface area contributed by atoms with Crippen LogP contribution in [0.2, 0.25) is 0 Å². The third kappa shape index (κ3) is 7.33. The Bertz CT molecular complexity index is 1320. The van der Waals surface area contributed by atoms with E-state index in [0.29, 0.717) is 6.42 Å². The van der Waals surface area contributed by atoms with E-state index in [4.69, 9.17) is 20.0 Å². The number of hydrogen-bond donors (Lipinski definition) is 0. The van der Waals surface area contributed by atoms with Crippen molar-refractivity contribution in [3.63, 3.8) is 0 Å². The Labute approximate surface area is 238 Å². The van der Waals surface area contributed by atoms with Crippen LogP contribution in [-0.2, 0) is 32.6 Å². The second kappa shape index (κ2) is 10.8. The molecule has 0 saturated carbocycles. The highest BCUT2D eigenvalue weighted by Crippen LogP contribution is 2.53. The summed E-state index contributed by atoms with van der Waals surface area (Å²) in [6.45, 7) is 26.7. The van der Waals surface area contributed by atoms with E-state index in [1.165, 1.54) is 11.1 Å². The van der Waals surface area contributed by atoms with Gasteiger partial charge in [0, 0.05) is 29.4 Å². The second-order valence-electron chi connectivity index (χ2n) is 14.3. The first-order valence-electron chi connectivity index (χ1n) is 13.5. The maximum Gasteiger partial charge on any atom is 0.539 e. The summed E-state index contributed by atoms with van der Waals surface area (Å²) in [7, 11) is -1.90. The molecule has 3 nitrogen and oxygen atoms in total. The van der Waals surface area contributed by atoms with Crippen molar-refractivity contribution in [1.29, 1.82) is 0 Å². The zero-order valence-electron chi connectivity index (χ0n) is 25.8. The molecule has 0 N–H and O–H groups in total. The molecule has 1 heterocycles. The van der Waals surface area contributed by atoms with E-state index in [1.54, 1.807) is 0 Å². The van der Waals surface area contributed by atoms with Crippen molar-refractivity contribution in [3.05, 3.63) is 57.6 Å².